The third-order valence-corrected chi connectivity index (χ3v) is 5.80. The molecule has 2 aromatic rings. The normalized spacial score (nSPS) is 18.2. The predicted molar refractivity (Wildman–Crippen MR) is 108 cm³/mol. The molecule has 26 heavy (non-hydrogen) atoms. The van der Waals surface area contributed by atoms with E-state index < -0.39 is 0 Å². The van der Waals surface area contributed by atoms with E-state index in [2.05, 4.69) is 67.1 Å². The number of hydrogen-bond acceptors (Lipinski definition) is 3. The number of amides is 1. The lowest BCUT2D eigenvalue weighted by Crippen LogP contribution is -2.36. The highest BCUT2D eigenvalue weighted by Gasteiger charge is 2.23. The van der Waals surface area contributed by atoms with Crippen molar-refractivity contribution in [2.75, 3.05) is 33.7 Å². The van der Waals surface area contributed by atoms with Gasteiger partial charge < -0.3 is 20.1 Å². The van der Waals surface area contributed by atoms with E-state index in [1.54, 1.807) is 0 Å². The van der Waals surface area contributed by atoms with Gasteiger partial charge in [0.25, 0.3) is 0 Å². The summed E-state index contributed by atoms with van der Waals surface area (Å²) in [6.45, 7) is 10.0. The predicted octanol–water partition coefficient (Wildman–Crippen LogP) is 2.74. The van der Waals surface area contributed by atoms with Crippen LogP contribution in [0.15, 0.2) is 12.1 Å². The number of likely N-dealkylation sites (N-methyl/N-ethyl adjacent to an activating group) is 2. The lowest BCUT2D eigenvalue weighted by Gasteiger charge is -2.23. The first kappa shape index (κ1) is 18.9. The number of nitrogens with one attached hydrogen (secondary N) is 2. The third-order valence-electron chi connectivity index (χ3n) is 5.80. The van der Waals surface area contributed by atoms with Gasteiger partial charge in [0.1, 0.15) is 0 Å². The second kappa shape index (κ2) is 7.80. The standard InChI is InChI=1S/C21H32N4O/c1-14-10-17(21-19(11-14)15(2)16(3)23-21)12-22-20(26)7-9-25(5)18-6-8-24(4)13-18/h10-11,18,23H,6-9,12-13H2,1-5H3,(H,22,26)/t18-/m0/s1. The molecule has 0 radical (unpaired) electrons. The Kier molecular flexibility index (Phi) is 5.68. The monoisotopic (exact) mass is 356 g/mol. The summed E-state index contributed by atoms with van der Waals surface area (Å²) in [6, 6.07) is 4.96. The van der Waals surface area contributed by atoms with Gasteiger partial charge in [0.05, 0.1) is 5.52 Å². The van der Waals surface area contributed by atoms with Crippen LogP contribution in [-0.4, -0.2) is 60.5 Å². The largest absolute Gasteiger partial charge is 0.358 e. The summed E-state index contributed by atoms with van der Waals surface area (Å²) in [5.74, 6) is 0.123. The lowest BCUT2D eigenvalue weighted by molar-refractivity contribution is -0.121. The number of carbonyl (C=O) groups is 1. The van der Waals surface area contributed by atoms with Crippen LogP contribution in [0.2, 0.25) is 0 Å². The van der Waals surface area contributed by atoms with E-state index in [1.165, 1.54) is 28.6 Å². The topological polar surface area (TPSA) is 51.4 Å². The van der Waals surface area contributed by atoms with Gasteiger partial charge in [0.2, 0.25) is 5.91 Å². The van der Waals surface area contributed by atoms with Crippen LogP contribution in [-0.2, 0) is 11.3 Å². The molecule has 2 heterocycles. The molecule has 0 spiro atoms. The Morgan fingerprint density at radius 3 is 2.81 bits per heavy atom. The molecule has 0 saturated carbocycles. The van der Waals surface area contributed by atoms with Crippen molar-refractivity contribution in [2.24, 2.45) is 0 Å². The molecule has 2 N–H and O–H groups in total. The van der Waals surface area contributed by atoms with Crippen molar-refractivity contribution in [1.82, 2.24) is 20.1 Å². The molecule has 142 valence electrons. The van der Waals surface area contributed by atoms with Crippen molar-refractivity contribution in [3.05, 3.63) is 34.5 Å². The molecule has 1 aromatic heterocycles. The molecular formula is C21H32N4O. The summed E-state index contributed by atoms with van der Waals surface area (Å²) in [7, 11) is 4.29. The average Bonchev–Trinajstić information content (AvgIpc) is 3.15. The number of aromatic nitrogens is 1. The zero-order valence-electron chi connectivity index (χ0n) is 16.8. The Bertz CT molecular complexity index is 795. The molecule has 1 aliphatic heterocycles. The minimum Gasteiger partial charge on any atom is -0.358 e. The highest BCUT2D eigenvalue weighted by Crippen LogP contribution is 2.26. The minimum atomic E-state index is 0.123. The maximum Gasteiger partial charge on any atom is 0.221 e. The van der Waals surface area contributed by atoms with Gasteiger partial charge in [-0.25, -0.2) is 0 Å². The van der Waals surface area contributed by atoms with Gasteiger partial charge >= 0.3 is 0 Å². The fraction of sp³-hybridized carbons (Fsp3) is 0.571. The van der Waals surface area contributed by atoms with E-state index in [1.807, 2.05) is 0 Å². The summed E-state index contributed by atoms with van der Waals surface area (Å²) >= 11 is 0. The maximum atomic E-state index is 12.3. The number of nitrogens with zero attached hydrogens (tertiary/aromatic N) is 2. The first-order valence-electron chi connectivity index (χ1n) is 9.59. The number of fused-ring (bicyclic) bond motifs is 1. The SMILES string of the molecule is Cc1cc(CNC(=O)CCN(C)[C@H]2CCN(C)C2)c2[nH]c(C)c(C)c2c1. The van der Waals surface area contributed by atoms with Crippen molar-refractivity contribution in [2.45, 2.75) is 46.2 Å². The van der Waals surface area contributed by atoms with Crippen LogP contribution in [0.3, 0.4) is 0 Å². The molecule has 5 nitrogen and oxygen atoms in total. The fourth-order valence-corrected chi connectivity index (χ4v) is 3.94. The molecule has 1 atom stereocenters. The Morgan fingerprint density at radius 1 is 1.35 bits per heavy atom. The Morgan fingerprint density at radius 2 is 2.12 bits per heavy atom. The number of carbonyl (C=O) groups excluding carboxylic acids is 1. The van der Waals surface area contributed by atoms with Gasteiger partial charge in [-0.05, 0) is 65.0 Å². The maximum absolute atomic E-state index is 12.3. The number of aryl methyl sites for hydroxylation is 3. The van der Waals surface area contributed by atoms with E-state index in [9.17, 15) is 4.79 Å². The van der Waals surface area contributed by atoms with Crippen molar-refractivity contribution in [3.8, 4) is 0 Å². The van der Waals surface area contributed by atoms with Gasteiger partial charge in [-0.1, -0.05) is 11.6 Å². The number of hydrogen-bond donors (Lipinski definition) is 2. The molecule has 1 saturated heterocycles. The first-order chi connectivity index (χ1) is 12.3. The van der Waals surface area contributed by atoms with E-state index >= 15 is 0 Å². The summed E-state index contributed by atoms with van der Waals surface area (Å²) in [4.78, 5) is 20.5. The summed E-state index contributed by atoms with van der Waals surface area (Å²) in [5, 5.41) is 4.37. The molecule has 3 rings (SSSR count). The fourth-order valence-electron chi connectivity index (χ4n) is 3.94. The first-order valence-corrected chi connectivity index (χ1v) is 9.59. The molecule has 0 unspecified atom stereocenters. The number of H-pyrrole nitrogens is 1. The molecule has 1 aliphatic rings. The van der Waals surface area contributed by atoms with Crippen molar-refractivity contribution >= 4 is 16.8 Å². The van der Waals surface area contributed by atoms with Crippen LogP contribution < -0.4 is 5.32 Å². The van der Waals surface area contributed by atoms with Crippen molar-refractivity contribution in [1.29, 1.82) is 0 Å². The second-order valence-corrected chi connectivity index (χ2v) is 7.93. The molecule has 1 amide bonds. The van der Waals surface area contributed by atoms with Crippen LogP contribution in [0.25, 0.3) is 10.9 Å². The van der Waals surface area contributed by atoms with Crippen LogP contribution in [0.5, 0.6) is 0 Å². The Balaban J connectivity index is 1.56. The molecule has 1 fully saturated rings. The van der Waals surface area contributed by atoms with E-state index in [-0.39, 0.29) is 5.91 Å². The molecule has 1 aromatic carbocycles. The van der Waals surface area contributed by atoms with Gasteiger partial charge in [-0.3, -0.25) is 4.79 Å². The van der Waals surface area contributed by atoms with Gasteiger partial charge in [-0.15, -0.1) is 0 Å². The van der Waals surface area contributed by atoms with E-state index in [4.69, 9.17) is 0 Å². The zero-order chi connectivity index (χ0) is 18.8. The van der Waals surface area contributed by atoms with Crippen molar-refractivity contribution in [3.63, 3.8) is 0 Å². The number of benzene rings is 1. The minimum absolute atomic E-state index is 0.123. The summed E-state index contributed by atoms with van der Waals surface area (Å²) < 4.78 is 0. The quantitative estimate of drug-likeness (QED) is 0.837. The number of likely N-dealkylation sites (tertiary alicyclic amines) is 1. The number of aromatic amines is 1. The van der Waals surface area contributed by atoms with Crippen molar-refractivity contribution < 1.29 is 4.79 Å². The van der Waals surface area contributed by atoms with E-state index in [0.29, 0.717) is 19.0 Å². The highest BCUT2D eigenvalue weighted by molar-refractivity contribution is 5.88. The molecular weight excluding hydrogens is 324 g/mol. The molecule has 5 heteroatoms. The van der Waals surface area contributed by atoms with Crippen LogP contribution in [0, 0.1) is 20.8 Å². The van der Waals surface area contributed by atoms with Crippen LogP contribution in [0.4, 0.5) is 0 Å². The Labute approximate surface area is 156 Å². The van der Waals surface area contributed by atoms with E-state index in [0.717, 1.165) is 30.7 Å². The zero-order valence-corrected chi connectivity index (χ0v) is 16.8. The van der Waals surface area contributed by atoms with Gasteiger partial charge in [-0.2, -0.15) is 0 Å². The Hall–Kier alpha value is -1.85. The summed E-state index contributed by atoms with van der Waals surface area (Å²) in [6.07, 6.45) is 1.75. The smallest absolute Gasteiger partial charge is 0.221 e. The summed E-state index contributed by atoms with van der Waals surface area (Å²) in [5.41, 5.74) is 6.03. The lowest BCUT2D eigenvalue weighted by atomic mass is 10.0. The molecule has 0 bridgehead atoms. The second-order valence-electron chi connectivity index (χ2n) is 7.93. The van der Waals surface area contributed by atoms with Crippen LogP contribution in [0.1, 0.15) is 35.2 Å². The molecule has 0 aliphatic carbocycles. The highest BCUT2D eigenvalue weighted by atomic mass is 16.1. The number of rotatable bonds is 6. The van der Waals surface area contributed by atoms with Crippen LogP contribution >= 0.6 is 0 Å². The van der Waals surface area contributed by atoms with Gasteiger partial charge in [0, 0.05) is 43.2 Å². The third kappa shape index (κ3) is 4.10. The van der Waals surface area contributed by atoms with Gasteiger partial charge in [0.15, 0.2) is 0 Å². The average molecular weight is 357 g/mol.